The first-order valence-corrected chi connectivity index (χ1v) is 8.70. The van der Waals surface area contributed by atoms with Crippen LogP contribution in [0.2, 0.25) is 0 Å². The number of unbranched alkanes of at least 4 members (excludes halogenated alkanes) is 7. The van der Waals surface area contributed by atoms with E-state index < -0.39 is 0 Å². The highest BCUT2D eigenvalue weighted by atomic mass is 15.0. The molecule has 1 fully saturated rings. The summed E-state index contributed by atoms with van der Waals surface area (Å²) in [5, 5.41) is 3.72. The Morgan fingerprint density at radius 2 is 1.55 bits per heavy atom. The summed E-state index contributed by atoms with van der Waals surface area (Å²) < 4.78 is 0. The van der Waals surface area contributed by atoms with Gasteiger partial charge in [0.2, 0.25) is 0 Å². The van der Waals surface area contributed by atoms with Gasteiger partial charge in [-0.2, -0.15) is 0 Å². The zero-order valence-electron chi connectivity index (χ0n) is 13.1. The van der Waals surface area contributed by atoms with Gasteiger partial charge in [-0.1, -0.05) is 82.2 Å². The molecule has 0 saturated heterocycles. The first-order chi connectivity index (χ1) is 9.92. The highest BCUT2D eigenvalue weighted by Gasteiger charge is 2.37. The molecule has 1 nitrogen and oxygen atoms in total. The van der Waals surface area contributed by atoms with Crippen LogP contribution in [0.3, 0.4) is 0 Å². The molecule has 1 saturated carbocycles. The molecule has 0 aromatic heterocycles. The van der Waals surface area contributed by atoms with Crippen LogP contribution in [-0.4, -0.2) is 12.6 Å². The van der Waals surface area contributed by atoms with Crippen molar-refractivity contribution < 1.29 is 0 Å². The molecule has 1 aromatic rings. The van der Waals surface area contributed by atoms with Gasteiger partial charge in [0.25, 0.3) is 0 Å². The SMILES string of the molecule is CCCCCCCCCCNC1CC1c1ccccc1. The summed E-state index contributed by atoms with van der Waals surface area (Å²) in [6, 6.07) is 11.7. The van der Waals surface area contributed by atoms with Crippen LogP contribution in [0, 0.1) is 0 Å². The molecule has 2 unspecified atom stereocenters. The molecule has 1 aliphatic rings. The van der Waals surface area contributed by atoms with Crippen molar-refractivity contribution in [2.24, 2.45) is 0 Å². The van der Waals surface area contributed by atoms with Crippen molar-refractivity contribution in [3.63, 3.8) is 0 Å². The van der Waals surface area contributed by atoms with Gasteiger partial charge in [-0.15, -0.1) is 0 Å². The Hall–Kier alpha value is -0.820. The summed E-state index contributed by atoms with van der Waals surface area (Å²) in [5.74, 6) is 0.783. The van der Waals surface area contributed by atoms with Gasteiger partial charge >= 0.3 is 0 Å². The number of benzene rings is 1. The van der Waals surface area contributed by atoms with Crippen LogP contribution in [0.1, 0.15) is 76.2 Å². The minimum atomic E-state index is 0.752. The normalized spacial score (nSPS) is 21.1. The van der Waals surface area contributed by atoms with Crippen molar-refractivity contribution in [3.8, 4) is 0 Å². The second-order valence-corrected chi connectivity index (χ2v) is 6.29. The third-order valence-electron chi connectivity index (χ3n) is 4.46. The fourth-order valence-corrected chi connectivity index (χ4v) is 3.04. The van der Waals surface area contributed by atoms with Crippen LogP contribution in [0.4, 0.5) is 0 Å². The van der Waals surface area contributed by atoms with E-state index in [9.17, 15) is 0 Å². The summed E-state index contributed by atoms with van der Waals surface area (Å²) in [6.07, 6.45) is 12.6. The molecule has 112 valence electrons. The summed E-state index contributed by atoms with van der Waals surface area (Å²) in [7, 11) is 0. The molecule has 20 heavy (non-hydrogen) atoms. The summed E-state index contributed by atoms with van der Waals surface area (Å²) in [6.45, 7) is 3.50. The highest BCUT2D eigenvalue weighted by molar-refractivity contribution is 5.27. The number of hydrogen-bond acceptors (Lipinski definition) is 1. The average Bonchev–Trinajstić information content (AvgIpc) is 3.26. The van der Waals surface area contributed by atoms with E-state index in [0.29, 0.717) is 0 Å². The maximum Gasteiger partial charge on any atom is 0.0143 e. The van der Waals surface area contributed by atoms with Crippen molar-refractivity contribution in [2.45, 2.75) is 76.7 Å². The van der Waals surface area contributed by atoms with Gasteiger partial charge in [-0.25, -0.2) is 0 Å². The number of nitrogens with one attached hydrogen (secondary N) is 1. The lowest BCUT2D eigenvalue weighted by molar-refractivity contribution is 0.552. The van der Waals surface area contributed by atoms with E-state index in [2.05, 4.69) is 42.6 Å². The molecule has 1 heteroatoms. The quantitative estimate of drug-likeness (QED) is 0.541. The monoisotopic (exact) mass is 273 g/mol. The summed E-state index contributed by atoms with van der Waals surface area (Å²) >= 11 is 0. The van der Waals surface area contributed by atoms with E-state index in [-0.39, 0.29) is 0 Å². The molecular weight excluding hydrogens is 242 g/mol. The van der Waals surface area contributed by atoms with Crippen molar-refractivity contribution in [2.75, 3.05) is 6.54 Å². The molecule has 1 N–H and O–H groups in total. The molecule has 1 aromatic carbocycles. The zero-order chi connectivity index (χ0) is 14.0. The van der Waals surface area contributed by atoms with Crippen LogP contribution < -0.4 is 5.32 Å². The van der Waals surface area contributed by atoms with E-state index in [1.807, 2.05) is 0 Å². The van der Waals surface area contributed by atoms with Crippen LogP contribution in [0.5, 0.6) is 0 Å². The predicted octanol–water partition coefficient (Wildman–Crippen LogP) is 5.27. The maximum atomic E-state index is 3.72. The average molecular weight is 273 g/mol. The second-order valence-electron chi connectivity index (χ2n) is 6.29. The zero-order valence-corrected chi connectivity index (χ0v) is 13.1. The van der Waals surface area contributed by atoms with Gasteiger partial charge in [0.05, 0.1) is 0 Å². The molecule has 0 amide bonds. The first-order valence-electron chi connectivity index (χ1n) is 8.70. The summed E-state index contributed by atoms with van der Waals surface area (Å²) in [4.78, 5) is 0. The number of rotatable bonds is 11. The van der Waals surface area contributed by atoms with E-state index in [1.54, 1.807) is 0 Å². The van der Waals surface area contributed by atoms with Crippen LogP contribution >= 0.6 is 0 Å². The molecule has 0 heterocycles. The Kier molecular flexibility index (Phi) is 7.14. The third-order valence-corrected chi connectivity index (χ3v) is 4.46. The number of hydrogen-bond donors (Lipinski definition) is 1. The predicted molar refractivity (Wildman–Crippen MR) is 88.2 cm³/mol. The largest absolute Gasteiger partial charge is 0.313 e. The van der Waals surface area contributed by atoms with Gasteiger partial charge in [0, 0.05) is 12.0 Å². The third kappa shape index (κ3) is 5.66. The molecule has 0 aliphatic heterocycles. The Morgan fingerprint density at radius 1 is 0.900 bits per heavy atom. The Morgan fingerprint density at radius 3 is 2.25 bits per heavy atom. The molecule has 2 atom stereocenters. The lowest BCUT2D eigenvalue weighted by atomic mass is 10.1. The van der Waals surface area contributed by atoms with Crippen molar-refractivity contribution in [1.82, 2.24) is 5.32 Å². The van der Waals surface area contributed by atoms with Crippen LogP contribution in [-0.2, 0) is 0 Å². The molecular formula is C19H31N. The van der Waals surface area contributed by atoms with E-state index in [1.165, 1.54) is 69.9 Å². The fraction of sp³-hybridized carbons (Fsp3) is 0.684. The summed E-state index contributed by atoms with van der Waals surface area (Å²) in [5.41, 5.74) is 1.51. The molecule has 2 rings (SSSR count). The van der Waals surface area contributed by atoms with Gasteiger partial charge in [0.1, 0.15) is 0 Å². The Balaban J connectivity index is 1.42. The Labute approximate surface area is 125 Å². The minimum Gasteiger partial charge on any atom is -0.313 e. The van der Waals surface area contributed by atoms with Gasteiger partial charge in [-0.3, -0.25) is 0 Å². The molecule has 0 bridgehead atoms. The van der Waals surface area contributed by atoms with Crippen LogP contribution in [0.15, 0.2) is 30.3 Å². The van der Waals surface area contributed by atoms with Crippen molar-refractivity contribution in [1.29, 1.82) is 0 Å². The molecule has 0 spiro atoms. The van der Waals surface area contributed by atoms with E-state index in [0.717, 1.165) is 12.0 Å². The van der Waals surface area contributed by atoms with Crippen LogP contribution in [0.25, 0.3) is 0 Å². The second kappa shape index (κ2) is 9.18. The van der Waals surface area contributed by atoms with Gasteiger partial charge < -0.3 is 5.32 Å². The topological polar surface area (TPSA) is 12.0 Å². The first kappa shape index (κ1) is 15.6. The highest BCUT2D eigenvalue weighted by Crippen LogP contribution is 2.40. The van der Waals surface area contributed by atoms with Gasteiger partial charge in [0.15, 0.2) is 0 Å². The lowest BCUT2D eigenvalue weighted by Crippen LogP contribution is -2.19. The van der Waals surface area contributed by atoms with Crippen molar-refractivity contribution in [3.05, 3.63) is 35.9 Å². The minimum absolute atomic E-state index is 0.752. The maximum absolute atomic E-state index is 3.72. The smallest absolute Gasteiger partial charge is 0.0143 e. The van der Waals surface area contributed by atoms with Gasteiger partial charge in [-0.05, 0) is 24.9 Å². The van der Waals surface area contributed by atoms with E-state index >= 15 is 0 Å². The molecule has 0 radical (unpaired) electrons. The Bertz CT molecular complexity index is 346. The molecule has 1 aliphatic carbocycles. The lowest BCUT2D eigenvalue weighted by Gasteiger charge is -2.05. The van der Waals surface area contributed by atoms with E-state index in [4.69, 9.17) is 0 Å². The van der Waals surface area contributed by atoms with Crippen molar-refractivity contribution >= 4 is 0 Å². The standard InChI is InChI=1S/C19H31N/c1-2-3-4-5-6-7-8-12-15-20-19-16-18(19)17-13-10-9-11-14-17/h9-11,13-14,18-20H,2-8,12,15-16H2,1H3. The fourth-order valence-electron chi connectivity index (χ4n) is 3.04.